The lowest BCUT2D eigenvalue weighted by Crippen LogP contribution is -2.46. The number of benzene rings is 1. The molecule has 0 saturated heterocycles. The van der Waals surface area contributed by atoms with E-state index in [0.717, 1.165) is 6.42 Å². The summed E-state index contributed by atoms with van der Waals surface area (Å²) in [4.78, 5) is 25.6. The number of hydrogen-bond acceptors (Lipinski definition) is 7. The lowest BCUT2D eigenvalue weighted by atomic mass is 9.71. The molecule has 25 heavy (non-hydrogen) atoms. The Labute approximate surface area is 144 Å². The molecule has 0 fully saturated rings. The summed E-state index contributed by atoms with van der Waals surface area (Å²) in [6.45, 7) is 3.83. The molecule has 0 bridgehead atoms. The van der Waals surface area contributed by atoms with Crippen molar-refractivity contribution < 1.29 is 30.0 Å². The molecule has 7 heteroatoms. The van der Waals surface area contributed by atoms with Crippen molar-refractivity contribution >= 4 is 17.3 Å². The lowest BCUT2D eigenvalue weighted by molar-refractivity contribution is -0.0651. The number of ketones is 2. The predicted octanol–water partition coefficient (Wildman–Crippen LogP) is 1.50. The number of carbonyl (C=O) groups is 2. The Hall–Kier alpha value is -2.38. The summed E-state index contributed by atoms with van der Waals surface area (Å²) in [6, 6.07) is 1.22. The molecule has 0 heterocycles. The highest BCUT2D eigenvalue weighted by Crippen LogP contribution is 2.46. The van der Waals surface area contributed by atoms with E-state index in [1.54, 1.807) is 0 Å². The van der Waals surface area contributed by atoms with E-state index in [0.29, 0.717) is 6.54 Å². The number of rotatable bonds is 3. The van der Waals surface area contributed by atoms with E-state index in [1.165, 1.54) is 13.0 Å². The van der Waals surface area contributed by atoms with Crippen molar-refractivity contribution in [3.8, 4) is 11.5 Å². The van der Waals surface area contributed by atoms with E-state index in [4.69, 9.17) is 0 Å². The summed E-state index contributed by atoms with van der Waals surface area (Å²) >= 11 is 0. The van der Waals surface area contributed by atoms with Gasteiger partial charge in [-0.15, -0.1) is 0 Å². The summed E-state index contributed by atoms with van der Waals surface area (Å²) < 4.78 is 0. The van der Waals surface area contributed by atoms with Crippen molar-refractivity contribution in [2.75, 3.05) is 11.9 Å². The van der Waals surface area contributed by atoms with E-state index in [-0.39, 0.29) is 40.8 Å². The van der Waals surface area contributed by atoms with E-state index in [1.807, 2.05) is 6.92 Å². The molecule has 0 spiro atoms. The molecular formula is C18H21NO6. The first-order valence-electron chi connectivity index (χ1n) is 8.23. The van der Waals surface area contributed by atoms with Gasteiger partial charge in [0.25, 0.3) is 0 Å². The number of aliphatic hydroxyl groups excluding tert-OH is 1. The van der Waals surface area contributed by atoms with Crippen molar-refractivity contribution in [1.29, 1.82) is 0 Å². The van der Waals surface area contributed by atoms with Gasteiger partial charge in [-0.3, -0.25) is 9.59 Å². The molecule has 3 rings (SSSR count). The van der Waals surface area contributed by atoms with Gasteiger partial charge in [0.05, 0.1) is 28.5 Å². The molecule has 1 aromatic rings. The molecule has 0 aliphatic heterocycles. The number of aliphatic hydroxyl groups is 2. The highest BCUT2D eigenvalue weighted by Gasteiger charge is 2.46. The summed E-state index contributed by atoms with van der Waals surface area (Å²) in [6.07, 6.45) is -0.797. The van der Waals surface area contributed by atoms with E-state index < -0.39 is 34.8 Å². The number of Topliss-reactive ketones (excluding diaryl/α,β-unsaturated/α-hetero) is 2. The average Bonchev–Trinajstić information content (AvgIpc) is 2.54. The first-order valence-corrected chi connectivity index (χ1v) is 8.23. The molecule has 1 aromatic carbocycles. The molecule has 2 atom stereocenters. The summed E-state index contributed by atoms with van der Waals surface area (Å²) in [5.41, 5.74) is -1.71. The molecule has 0 amide bonds. The molecule has 0 radical (unpaired) electrons. The maximum atomic E-state index is 12.9. The van der Waals surface area contributed by atoms with Crippen molar-refractivity contribution in [3.05, 3.63) is 28.3 Å². The second-order valence-electron chi connectivity index (χ2n) is 6.84. The molecule has 0 saturated carbocycles. The standard InChI is InChI=1S/C18H21NO6/c1-3-4-19-10-6-11(20)13-14(17(10)24)16(23)9-7-18(2,25)12(21)5-8(9)15(13)22/h6,12,19-21,24-25H,3-5,7H2,1-2H3/t12-,18+/m1/s1. The van der Waals surface area contributed by atoms with Gasteiger partial charge in [0.2, 0.25) is 0 Å². The minimum atomic E-state index is -1.54. The Bertz CT molecular complexity index is 808. The van der Waals surface area contributed by atoms with Crippen LogP contribution in [-0.4, -0.2) is 50.2 Å². The molecule has 5 N–H and O–H groups in total. The van der Waals surface area contributed by atoms with E-state index >= 15 is 0 Å². The van der Waals surface area contributed by atoms with E-state index in [9.17, 15) is 30.0 Å². The third-order valence-electron chi connectivity index (χ3n) is 4.86. The number of fused-ring (bicyclic) bond motifs is 1. The van der Waals surface area contributed by atoms with E-state index in [2.05, 4.69) is 5.32 Å². The van der Waals surface area contributed by atoms with Gasteiger partial charge < -0.3 is 25.7 Å². The molecule has 7 nitrogen and oxygen atoms in total. The third-order valence-corrected chi connectivity index (χ3v) is 4.86. The first-order chi connectivity index (χ1) is 11.7. The van der Waals surface area contributed by atoms with Gasteiger partial charge in [-0.1, -0.05) is 6.92 Å². The third kappa shape index (κ3) is 2.60. The zero-order chi connectivity index (χ0) is 18.5. The number of anilines is 1. The fourth-order valence-electron chi connectivity index (χ4n) is 3.37. The van der Waals surface area contributed by atoms with Crippen LogP contribution >= 0.6 is 0 Å². The van der Waals surface area contributed by atoms with Crippen LogP contribution < -0.4 is 5.32 Å². The molecule has 2 aliphatic rings. The van der Waals surface area contributed by atoms with Gasteiger partial charge in [0, 0.05) is 36.6 Å². The largest absolute Gasteiger partial charge is 0.507 e. The lowest BCUT2D eigenvalue weighted by Gasteiger charge is -2.37. The van der Waals surface area contributed by atoms with Gasteiger partial charge in [-0.2, -0.15) is 0 Å². The molecule has 134 valence electrons. The highest BCUT2D eigenvalue weighted by molar-refractivity contribution is 6.29. The Morgan fingerprint density at radius 1 is 1.20 bits per heavy atom. The number of phenolic OH excluding ortho intramolecular Hbond substituents is 2. The van der Waals surface area contributed by atoms with Crippen molar-refractivity contribution in [3.63, 3.8) is 0 Å². The maximum absolute atomic E-state index is 12.9. The van der Waals surface area contributed by atoms with Crippen LogP contribution in [-0.2, 0) is 0 Å². The summed E-state index contributed by atoms with van der Waals surface area (Å²) in [5.74, 6) is -2.00. The quantitative estimate of drug-likeness (QED) is 0.414. The fourth-order valence-corrected chi connectivity index (χ4v) is 3.37. The topological polar surface area (TPSA) is 127 Å². The van der Waals surface area contributed by atoms with Crippen molar-refractivity contribution in [1.82, 2.24) is 0 Å². The predicted molar refractivity (Wildman–Crippen MR) is 90.1 cm³/mol. The number of nitrogens with one attached hydrogen (secondary N) is 1. The van der Waals surface area contributed by atoms with Crippen LogP contribution in [0.15, 0.2) is 17.2 Å². The van der Waals surface area contributed by atoms with Crippen LogP contribution in [0.3, 0.4) is 0 Å². The fraction of sp³-hybridized carbons (Fsp3) is 0.444. The first kappa shape index (κ1) is 17.4. The Balaban J connectivity index is 2.16. The monoisotopic (exact) mass is 347 g/mol. The highest BCUT2D eigenvalue weighted by atomic mass is 16.3. The van der Waals surface area contributed by atoms with Crippen LogP contribution in [0.1, 0.15) is 53.8 Å². The smallest absolute Gasteiger partial charge is 0.194 e. The minimum Gasteiger partial charge on any atom is -0.507 e. The zero-order valence-electron chi connectivity index (χ0n) is 14.1. The second-order valence-corrected chi connectivity index (χ2v) is 6.84. The van der Waals surface area contributed by atoms with Gasteiger partial charge in [0.1, 0.15) is 5.75 Å². The zero-order valence-corrected chi connectivity index (χ0v) is 14.1. The van der Waals surface area contributed by atoms with Crippen LogP contribution in [0, 0.1) is 0 Å². The summed E-state index contributed by atoms with van der Waals surface area (Å²) in [5, 5.41) is 43.9. The van der Waals surface area contributed by atoms with Gasteiger partial charge >= 0.3 is 0 Å². The van der Waals surface area contributed by atoms with Gasteiger partial charge in [-0.25, -0.2) is 0 Å². The maximum Gasteiger partial charge on any atom is 0.194 e. The number of hydrogen-bond donors (Lipinski definition) is 5. The van der Waals surface area contributed by atoms with Crippen molar-refractivity contribution in [2.45, 2.75) is 44.8 Å². The Morgan fingerprint density at radius 3 is 2.48 bits per heavy atom. The molecule has 0 unspecified atom stereocenters. The van der Waals surface area contributed by atoms with Crippen LogP contribution in [0.25, 0.3) is 0 Å². The average molecular weight is 347 g/mol. The molecule has 0 aromatic heterocycles. The van der Waals surface area contributed by atoms with Crippen molar-refractivity contribution in [2.24, 2.45) is 0 Å². The Kier molecular flexibility index (Phi) is 4.09. The van der Waals surface area contributed by atoms with Crippen LogP contribution in [0.4, 0.5) is 5.69 Å². The molecular weight excluding hydrogens is 326 g/mol. The molecule has 2 aliphatic carbocycles. The SMILES string of the molecule is CCCNc1cc(O)c2c(c1O)C(=O)C1=C(C[C@@H](O)[C@@](C)(O)C1)C2=O. The minimum absolute atomic E-state index is 0.0788. The Morgan fingerprint density at radius 2 is 1.84 bits per heavy atom. The number of carbonyl (C=O) groups excluding carboxylic acids is 2. The second kappa shape index (κ2) is 5.86. The van der Waals surface area contributed by atoms with Gasteiger partial charge in [0.15, 0.2) is 17.3 Å². The number of aromatic hydroxyl groups is 2. The van der Waals surface area contributed by atoms with Gasteiger partial charge in [-0.05, 0) is 13.3 Å². The summed E-state index contributed by atoms with van der Waals surface area (Å²) in [7, 11) is 0. The normalized spacial score (nSPS) is 25.7. The number of phenols is 2. The van der Waals surface area contributed by atoms with Crippen LogP contribution in [0.2, 0.25) is 0 Å². The van der Waals surface area contributed by atoms with Crippen LogP contribution in [0.5, 0.6) is 11.5 Å².